The number of carbonyl (C=O) groups is 2. The minimum Gasteiger partial charge on any atom is -0.492 e. The van der Waals surface area contributed by atoms with E-state index < -0.39 is 24.1 Å². The Hall–Kier alpha value is -4.19. The number of benzene rings is 2. The van der Waals surface area contributed by atoms with E-state index in [-0.39, 0.29) is 0 Å². The Labute approximate surface area is 258 Å². The summed E-state index contributed by atoms with van der Waals surface area (Å²) in [4.78, 5) is 29.4. The molecule has 2 atom stereocenters. The SMILES string of the molecule is CCOC(Cc1ccc(OCCN(C)c2cccc(CNCCOc3ccc(C[C@H](OCC)C(=O)O)cc3)n2)cc1)C(=O)O. The fourth-order valence-electron chi connectivity index (χ4n) is 4.36. The van der Waals surface area contributed by atoms with E-state index in [1.54, 1.807) is 13.8 Å². The summed E-state index contributed by atoms with van der Waals surface area (Å²) in [6.45, 7) is 7.04. The Bertz CT molecular complexity index is 1290. The number of aromatic nitrogens is 1. The average molecular weight is 610 g/mol. The van der Waals surface area contributed by atoms with E-state index in [9.17, 15) is 19.8 Å². The van der Waals surface area contributed by atoms with Crippen LogP contribution in [0.2, 0.25) is 0 Å². The lowest BCUT2D eigenvalue weighted by atomic mass is 10.1. The number of aliphatic carboxylic acids is 2. The van der Waals surface area contributed by atoms with Gasteiger partial charge < -0.3 is 39.4 Å². The number of hydrogen-bond acceptors (Lipinski definition) is 9. The number of carboxylic acids is 2. The first kappa shape index (κ1) is 34.3. The van der Waals surface area contributed by atoms with Gasteiger partial charge in [0.25, 0.3) is 0 Å². The number of ether oxygens (including phenoxy) is 4. The Morgan fingerprint density at radius 2 is 1.32 bits per heavy atom. The molecule has 3 rings (SSSR count). The second-order valence-electron chi connectivity index (χ2n) is 10.0. The molecule has 44 heavy (non-hydrogen) atoms. The quantitative estimate of drug-likeness (QED) is 0.152. The predicted molar refractivity (Wildman–Crippen MR) is 167 cm³/mol. The average Bonchev–Trinajstić information content (AvgIpc) is 3.02. The zero-order valence-electron chi connectivity index (χ0n) is 25.6. The summed E-state index contributed by atoms with van der Waals surface area (Å²) in [6.07, 6.45) is -1.10. The van der Waals surface area contributed by atoms with E-state index in [1.807, 2.05) is 78.7 Å². The van der Waals surface area contributed by atoms with Crippen LogP contribution >= 0.6 is 0 Å². The third-order valence-electron chi connectivity index (χ3n) is 6.71. The molecule has 0 aliphatic heterocycles. The molecule has 2 aromatic carbocycles. The molecule has 0 fully saturated rings. The molecule has 0 aliphatic carbocycles. The van der Waals surface area contributed by atoms with Gasteiger partial charge in [0.1, 0.15) is 30.5 Å². The first-order valence-corrected chi connectivity index (χ1v) is 14.8. The molecule has 0 saturated heterocycles. The molecule has 238 valence electrons. The van der Waals surface area contributed by atoms with Crippen molar-refractivity contribution in [3.63, 3.8) is 0 Å². The van der Waals surface area contributed by atoms with E-state index in [4.69, 9.17) is 23.9 Å². The van der Waals surface area contributed by atoms with Gasteiger partial charge >= 0.3 is 11.9 Å². The Balaban J connectivity index is 1.35. The summed E-state index contributed by atoms with van der Waals surface area (Å²) < 4.78 is 22.2. The van der Waals surface area contributed by atoms with Gasteiger partial charge in [-0.2, -0.15) is 0 Å². The molecule has 11 nitrogen and oxygen atoms in total. The van der Waals surface area contributed by atoms with E-state index >= 15 is 0 Å². The number of pyridine rings is 1. The minimum absolute atomic E-state index is 0.303. The number of rotatable bonds is 21. The van der Waals surface area contributed by atoms with Crippen LogP contribution in [0.5, 0.6) is 11.5 Å². The lowest BCUT2D eigenvalue weighted by Gasteiger charge is -2.19. The van der Waals surface area contributed by atoms with Gasteiger partial charge in [0.15, 0.2) is 12.2 Å². The number of hydrogen-bond donors (Lipinski definition) is 3. The molecule has 1 heterocycles. The normalized spacial score (nSPS) is 12.3. The van der Waals surface area contributed by atoms with E-state index in [0.29, 0.717) is 70.4 Å². The third-order valence-corrected chi connectivity index (χ3v) is 6.71. The number of carboxylic acid groups (broad SMARTS) is 2. The van der Waals surface area contributed by atoms with E-state index in [1.165, 1.54) is 0 Å². The van der Waals surface area contributed by atoms with Gasteiger partial charge in [0.2, 0.25) is 0 Å². The summed E-state index contributed by atoms with van der Waals surface area (Å²) >= 11 is 0. The lowest BCUT2D eigenvalue weighted by Crippen LogP contribution is -2.26. The molecule has 3 N–H and O–H groups in total. The Kier molecular flexibility index (Phi) is 14.4. The molecular formula is C33H43N3O8. The second kappa shape index (κ2) is 18.5. The van der Waals surface area contributed by atoms with Crippen molar-refractivity contribution in [1.82, 2.24) is 10.3 Å². The van der Waals surface area contributed by atoms with Gasteiger partial charge in [0, 0.05) is 46.2 Å². The highest BCUT2D eigenvalue weighted by molar-refractivity contribution is 5.73. The zero-order valence-corrected chi connectivity index (χ0v) is 25.6. The number of nitrogens with zero attached hydrogens (tertiary/aromatic N) is 2. The number of likely N-dealkylation sites (N-methyl/N-ethyl adjacent to an activating group) is 1. The third kappa shape index (κ3) is 11.8. The van der Waals surface area contributed by atoms with E-state index in [0.717, 1.165) is 22.6 Å². The van der Waals surface area contributed by atoms with Crippen molar-refractivity contribution in [2.24, 2.45) is 0 Å². The maximum absolute atomic E-state index is 11.3. The molecule has 11 heteroatoms. The Morgan fingerprint density at radius 1 is 0.795 bits per heavy atom. The topological polar surface area (TPSA) is 140 Å². The molecule has 0 radical (unpaired) electrons. The van der Waals surface area contributed by atoms with Crippen LogP contribution in [0, 0.1) is 0 Å². The van der Waals surface area contributed by atoms with Crippen LogP contribution in [-0.2, 0) is 38.4 Å². The van der Waals surface area contributed by atoms with Gasteiger partial charge in [-0.1, -0.05) is 30.3 Å². The largest absolute Gasteiger partial charge is 0.492 e. The highest BCUT2D eigenvalue weighted by atomic mass is 16.5. The fourth-order valence-corrected chi connectivity index (χ4v) is 4.36. The molecule has 0 aliphatic rings. The van der Waals surface area contributed by atoms with Crippen molar-refractivity contribution in [3.05, 3.63) is 83.6 Å². The van der Waals surface area contributed by atoms with Crippen molar-refractivity contribution in [3.8, 4) is 11.5 Å². The van der Waals surface area contributed by atoms with Crippen LogP contribution in [0.15, 0.2) is 66.7 Å². The van der Waals surface area contributed by atoms with Gasteiger partial charge in [-0.05, 0) is 61.4 Å². The first-order valence-electron chi connectivity index (χ1n) is 14.8. The van der Waals surface area contributed by atoms with E-state index in [2.05, 4.69) is 5.32 Å². The minimum atomic E-state index is -0.968. The van der Waals surface area contributed by atoms with Crippen molar-refractivity contribution < 1.29 is 38.7 Å². The molecule has 0 spiro atoms. The van der Waals surface area contributed by atoms with Crippen LogP contribution in [0.3, 0.4) is 0 Å². The molecule has 0 saturated carbocycles. The smallest absolute Gasteiger partial charge is 0.333 e. The lowest BCUT2D eigenvalue weighted by molar-refractivity contribution is -0.150. The first-order chi connectivity index (χ1) is 21.3. The monoisotopic (exact) mass is 609 g/mol. The van der Waals surface area contributed by atoms with Crippen LogP contribution in [0.4, 0.5) is 5.82 Å². The van der Waals surface area contributed by atoms with Gasteiger partial charge in [-0.3, -0.25) is 0 Å². The molecule has 1 unspecified atom stereocenters. The predicted octanol–water partition coefficient (Wildman–Crippen LogP) is 3.83. The van der Waals surface area contributed by atoms with Crippen molar-refractivity contribution >= 4 is 17.8 Å². The van der Waals surface area contributed by atoms with Crippen molar-refractivity contribution in [2.75, 3.05) is 51.5 Å². The number of anilines is 1. The maximum Gasteiger partial charge on any atom is 0.333 e. The summed E-state index contributed by atoms with van der Waals surface area (Å²) in [5, 5.41) is 21.9. The summed E-state index contributed by atoms with van der Waals surface area (Å²) in [7, 11) is 1.96. The highest BCUT2D eigenvalue weighted by Crippen LogP contribution is 2.16. The highest BCUT2D eigenvalue weighted by Gasteiger charge is 2.19. The van der Waals surface area contributed by atoms with Crippen molar-refractivity contribution in [2.45, 2.75) is 45.4 Å². The summed E-state index contributed by atoms with van der Waals surface area (Å²) in [5.41, 5.74) is 2.65. The number of nitrogens with one attached hydrogen (secondary N) is 1. The molecular weight excluding hydrogens is 566 g/mol. The van der Waals surface area contributed by atoms with Crippen molar-refractivity contribution in [1.29, 1.82) is 0 Å². The Morgan fingerprint density at radius 3 is 1.82 bits per heavy atom. The summed E-state index contributed by atoms with van der Waals surface area (Å²) in [5.74, 6) is 0.329. The van der Waals surface area contributed by atoms with Crippen LogP contribution in [0.1, 0.15) is 30.7 Å². The van der Waals surface area contributed by atoms with Gasteiger partial charge in [-0.15, -0.1) is 0 Å². The molecule has 0 bridgehead atoms. The molecule has 1 aromatic heterocycles. The zero-order chi connectivity index (χ0) is 31.7. The summed E-state index contributed by atoms with van der Waals surface area (Å²) in [6, 6.07) is 20.7. The van der Waals surface area contributed by atoms with Crippen LogP contribution < -0.4 is 19.7 Å². The standard InChI is InChI=1S/C33H43N3O8/c1-4-41-29(32(37)38)21-24-9-13-27(14-10-24)43-19-17-34-23-26-7-6-8-31(35-26)36(3)18-20-44-28-15-11-25(12-16-28)22-30(33(39)40)42-5-2/h6-16,29-30,34H,4-5,17-23H2,1-3H3,(H,37,38)(H,39,40)/t29-,30?/m0/s1. The van der Waals surface area contributed by atoms with Gasteiger partial charge in [-0.25, -0.2) is 14.6 Å². The van der Waals surface area contributed by atoms with Crippen LogP contribution in [0.25, 0.3) is 0 Å². The fraction of sp³-hybridized carbons (Fsp3) is 0.424. The van der Waals surface area contributed by atoms with Crippen LogP contribution in [-0.4, -0.2) is 85.9 Å². The maximum atomic E-state index is 11.3. The molecule has 0 amide bonds. The molecule has 3 aromatic rings. The van der Waals surface area contributed by atoms with Gasteiger partial charge in [0.05, 0.1) is 12.2 Å². The second-order valence-corrected chi connectivity index (χ2v) is 10.0.